The summed E-state index contributed by atoms with van der Waals surface area (Å²) in [5.74, 6) is -0.775. The van der Waals surface area contributed by atoms with Crippen molar-refractivity contribution in [1.29, 1.82) is 0 Å². The molecule has 0 radical (unpaired) electrons. The Labute approximate surface area is 102 Å². The van der Waals surface area contributed by atoms with Gasteiger partial charge in [0.05, 0.1) is 16.9 Å². The quantitative estimate of drug-likeness (QED) is 0.899. The zero-order valence-corrected chi connectivity index (χ0v) is 9.90. The second-order valence-corrected chi connectivity index (χ2v) is 4.39. The smallest absolute Gasteiger partial charge is 0.339 e. The Morgan fingerprint density at radius 1 is 1.59 bits per heavy atom. The van der Waals surface area contributed by atoms with Crippen LogP contribution in [0.2, 0.25) is 0 Å². The van der Waals surface area contributed by atoms with Crippen LogP contribution in [0.1, 0.15) is 21.1 Å². The molecule has 0 unspecified atom stereocenters. The predicted molar refractivity (Wildman–Crippen MR) is 62.4 cm³/mol. The molecule has 5 nitrogen and oxygen atoms in total. The highest BCUT2D eigenvalue weighted by Crippen LogP contribution is 2.18. The number of aryl methyl sites for hydroxylation is 1. The summed E-state index contributed by atoms with van der Waals surface area (Å²) in [7, 11) is 0. The van der Waals surface area contributed by atoms with Gasteiger partial charge in [-0.1, -0.05) is 0 Å². The van der Waals surface area contributed by atoms with Crippen molar-refractivity contribution in [3.05, 3.63) is 40.1 Å². The first-order valence-electron chi connectivity index (χ1n) is 4.88. The van der Waals surface area contributed by atoms with Crippen LogP contribution in [0.4, 0.5) is 0 Å². The van der Waals surface area contributed by atoms with E-state index in [1.807, 2.05) is 12.3 Å². The molecule has 2 rings (SSSR count). The summed E-state index contributed by atoms with van der Waals surface area (Å²) < 4.78 is 5.40. The third-order valence-corrected chi connectivity index (χ3v) is 2.88. The Hall–Kier alpha value is -1.95. The van der Waals surface area contributed by atoms with Gasteiger partial charge in [0.1, 0.15) is 12.2 Å². The van der Waals surface area contributed by atoms with Gasteiger partial charge in [-0.2, -0.15) is 0 Å². The first kappa shape index (κ1) is 11.5. The zero-order chi connectivity index (χ0) is 12.3. The number of thiazole rings is 1. The van der Waals surface area contributed by atoms with Crippen molar-refractivity contribution in [2.24, 2.45) is 0 Å². The summed E-state index contributed by atoms with van der Waals surface area (Å²) in [6.07, 6.45) is 2.81. The summed E-state index contributed by atoms with van der Waals surface area (Å²) in [5.41, 5.74) is 0.889. The number of nitrogens with zero attached hydrogens (tertiary/aromatic N) is 2. The Kier molecular flexibility index (Phi) is 3.34. The number of carboxylic acid groups (broad SMARTS) is 1. The molecule has 0 aliphatic heterocycles. The molecule has 0 aliphatic carbocycles. The number of aromatic carboxylic acids is 1. The maximum Gasteiger partial charge on any atom is 0.339 e. The van der Waals surface area contributed by atoms with E-state index in [4.69, 9.17) is 9.84 Å². The van der Waals surface area contributed by atoms with Gasteiger partial charge in [-0.25, -0.2) is 9.78 Å². The van der Waals surface area contributed by atoms with Crippen molar-refractivity contribution in [3.8, 4) is 5.75 Å². The van der Waals surface area contributed by atoms with Crippen molar-refractivity contribution < 1.29 is 14.6 Å². The van der Waals surface area contributed by atoms with Crippen LogP contribution in [0, 0.1) is 6.92 Å². The molecule has 0 bridgehead atoms. The number of pyridine rings is 1. The average Bonchev–Trinajstić information content (AvgIpc) is 2.73. The van der Waals surface area contributed by atoms with E-state index in [1.165, 1.54) is 29.8 Å². The monoisotopic (exact) mass is 250 g/mol. The molecule has 0 saturated heterocycles. The molecule has 0 atom stereocenters. The van der Waals surface area contributed by atoms with Gasteiger partial charge in [-0.15, -0.1) is 11.3 Å². The highest BCUT2D eigenvalue weighted by Gasteiger charge is 2.11. The molecule has 0 spiro atoms. The molecule has 88 valence electrons. The molecule has 6 heteroatoms. The molecule has 2 heterocycles. The summed E-state index contributed by atoms with van der Waals surface area (Å²) >= 11 is 1.53. The van der Waals surface area contributed by atoms with Gasteiger partial charge in [0.15, 0.2) is 5.75 Å². The third-order valence-electron chi connectivity index (χ3n) is 2.06. The van der Waals surface area contributed by atoms with Gasteiger partial charge < -0.3 is 9.84 Å². The minimum atomic E-state index is -1.03. The summed E-state index contributed by atoms with van der Waals surface area (Å²) in [4.78, 5) is 19.0. The number of aromatic nitrogens is 2. The van der Waals surface area contributed by atoms with Crippen molar-refractivity contribution in [2.75, 3.05) is 0 Å². The normalized spacial score (nSPS) is 10.2. The van der Waals surface area contributed by atoms with Gasteiger partial charge >= 0.3 is 5.97 Å². The molecule has 0 aliphatic rings. The van der Waals surface area contributed by atoms with Crippen LogP contribution in [-0.4, -0.2) is 21.0 Å². The number of ether oxygens (including phenoxy) is 1. The van der Waals surface area contributed by atoms with Crippen LogP contribution in [0.15, 0.2) is 23.8 Å². The zero-order valence-electron chi connectivity index (χ0n) is 9.08. The van der Waals surface area contributed by atoms with Gasteiger partial charge in [-0.3, -0.25) is 4.98 Å². The average molecular weight is 250 g/mol. The number of carbonyl (C=O) groups is 1. The minimum Gasteiger partial charge on any atom is -0.485 e. The van der Waals surface area contributed by atoms with Crippen LogP contribution in [-0.2, 0) is 6.61 Å². The van der Waals surface area contributed by atoms with E-state index in [1.54, 1.807) is 0 Å². The maximum absolute atomic E-state index is 10.9. The van der Waals surface area contributed by atoms with Crippen LogP contribution >= 0.6 is 11.3 Å². The number of carboxylic acids is 1. The summed E-state index contributed by atoms with van der Waals surface area (Å²) in [6, 6.07) is 1.41. The highest BCUT2D eigenvalue weighted by atomic mass is 32.1. The molecular weight excluding hydrogens is 240 g/mol. The minimum absolute atomic E-state index is 0.104. The Balaban J connectivity index is 2.11. The van der Waals surface area contributed by atoms with Gasteiger partial charge in [0.2, 0.25) is 0 Å². The summed E-state index contributed by atoms with van der Waals surface area (Å²) in [6.45, 7) is 2.15. The van der Waals surface area contributed by atoms with Crippen molar-refractivity contribution in [1.82, 2.24) is 9.97 Å². The van der Waals surface area contributed by atoms with E-state index in [0.717, 1.165) is 10.7 Å². The fourth-order valence-corrected chi connectivity index (χ4v) is 1.90. The molecule has 0 fully saturated rings. The largest absolute Gasteiger partial charge is 0.485 e. The lowest BCUT2D eigenvalue weighted by Crippen LogP contribution is -2.04. The number of hydrogen-bond donors (Lipinski definition) is 1. The fraction of sp³-hybridized carbons (Fsp3) is 0.182. The van der Waals surface area contributed by atoms with E-state index >= 15 is 0 Å². The van der Waals surface area contributed by atoms with Crippen LogP contribution in [0.5, 0.6) is 5.75 Å². The van der Waals surface area contributed by atoms with Crippen molar-refractivity contribution in [2.45, 2.75) is 13.5 Å². The first-order chi connectivity index (χ1) is 8.16. The van der Waals surface area contributed by atoms with Crippen LogP contribution in [0.3, 0.4) is 0 Å². The second kappa shape index (κ2) is 4.92. The van der Waals surface area contributed by atoms with E-state index in [9.17, 15) is 4.79 Å². The maximum atomic E-state index is 10.9. The topological polar surface area (TPSA) is 72.3 Å². The molecule has 2 aromatic heterocycles. The van der Waals surface area contributed by atoms with E-state index in [2.05, 4.69) is 9.97 Å². The van der Waals surface area contributed by atoms with E-state index < -0.39 is 5.97 Å². The standard InChI is InChI=1S/C11H10N2O3S/c1-7-13-8(6-17-7)5-16-10-4-12-3-2-9(10)11(14)15/h2-4,6H,5H2,1H3,(H,14,15). The predicted octanol–water partition coefficient (Wildman–Crippen LogP) is 2.12. The van der Waals surface area contributed by atoms with Crippen molar-refractivity contribution >= 4 is 17.3 Å². The Morgan fingerprint density at radius 3 is 3.06 bits per heavy atom. The lowest BCUT2D eigenvalue weighted by molar-refractivity contribution is 0.0691. The Morgan fingerprint density at radius 2 is 2.41 bits per heavy atom. The third kappa shape index (κ3) is 2.79. The lowest BCUT2D eigenvalue weighted by atomic mass is 10.2. The number of hydrogen-bond acceptors (Lipinski definition) is 5. The fourth-order valence-electron chi connectivity index (χ4n) is 1.30. The lowest BCUT2D eigenvalue weighted by Gasteiger charge is -2.06. The van der Waals surface area contributed by atoms with Gasteiger partial charge in [0, 0.05) is 11.6 Å². The molecule has 0 amide bonds. The molecule has 17 heavy (non-hydrogen) atoms. The SMILES string of the molecule is Cc1nc(COc2cnccc2C(=O)O)cs1. The van der Waals surface area contributed by atoms with Crippen LogP contribution in [0.25, 0.3) is 0 Å². The molecule has 0 aromatic carbocycles. The van der Waals surface area contributed by atoms with Crippen molar-refractivity contribution in [3.63, 3.8) is 0 Å². The Bertz CT molecular complexity index is 539. The molecule has 2 aromatic rings. The summed E-state index contributed by atoms with van der Waals surface area (Å²) in [5, 5.41) is 11.8. The first-order valence-corrected chi connectivity index (χ1v) is 5.76. The molecule has 0 saturated carbocycles. The van der Waals surface area contributed by atoms with E-state index in [0.29, 0.717) is 0 Å². The number of rotatable bonds is 4. The van der Waals surface area contributed by atoms with Crippen LogP contribution < -0.4 is 4.74 Å². The molecule has 1 N–H and O–H groups in total. The van der Waals surface area contributed by atoms with Gasteiger partial charge in [-0.05, 0) is 13.0 Å². The highest BCUT2D eigenvalue weighted by molar-refractivity contribution is 7.09. The molecular formula is C11H10N2O3S. The van der Waals surface area contributed by atoms with E-state index in [-0.39, 0.29) is 17.9 Å². The van der Waals surface area contributed by atoms with Gasteiger partial charge in [0.25, 0.3) is 0 Å². The second-order valence-electron chi connectivity index (χ2n) is 3.32.